The maximum absolute atomic E-state index is 13.4. The molecule has 1 heterocycles. The lowest BCUT2D eigenvalue weighted by molar-refractivity contribution is 0.186. The summed E-state index contributed by atoms with van der Waals surface area (Å²) >= 11 is 0. The minimum absolute atomic E-state index is 0.0183. The van der Waals surface area contributed by atoms with E-state index in [0.29, 0.717) is 11.5 Å². The minimum Gasteiger partial charge on any atom is -0.465 e. The molecule has 0 aliphatic heterocycles. The summed E-state index contributed by atoms with van der Waals surface area (Å²) in [6.07, 6.45) is -0.927. The molecule has 0 radical (unpaired) electrons. The van der Waals surface area contributed by atoms with Gasteiger partial charge in [0.05, 0.1) is 6.20 Å². The highest BCUT2D eigenvalue weighted by Crippen LogP contribution is 2.41. The van der Waals surface area contributed by atoms with Crippen molar-refractivity contribution in [3.8, 4) is 0 Å². The second-order valence-electron chi connectivity index (χ2n) is 9.38. The molecular weight excluding hydrogens is 538 g/mol. The van der Waals surface area contributed by atoms with Gasteiger partial charge in [-0.1, -0.05) is 91.0 Å². The maximum Gasteiger partial charge on any atom is 0.404 e. The van der Waals surface area contributed by atoms with Crippen molar-refractivity contribution in [2.24, 2.45) is 7.05 Å². The van der Waals surface area contributed by atoms with Crippen molar-refractivity contribution >= 4 is 29.7 Å². The number of carbonyl (C=O) groups is 3. The van der Waals surface area contributed by atoms with Crippen LogP contribution in [0.1, 0.15) is 16.7 Å². The molecule has 4 amide bonds. The Labute approximate surface area is 243 Å². The summed E-state index contributed by atoms with van der Waals surface area (Å²) in [4.78, 5) is 36.6. The molecule has 3 aromatic carbocycles. The summed E-state index contributed by atoms with van der Waals surface area (Å²) < 4.78 is 1.63. The number of carboxylic acid groups (broad SMARTS) is 2. The second kappa shape index (κ2) is 13.7. The fourth-order valence-corrected chi connectivity index (χ4v) is 4.74. The fraction of sp³-hybridized carbons (Fsp3) is 0.200. The van der Waals surface area contributed by atoms with Gasteiger partial charge >= 0.3 is 18.2 Å². The van der Waals surface area contributed by atoms with Gasteiger partial charge in [0.25, 0.3) is 0 Å². The lowest BCUT2D eigenvalue weighted by Crippen LogP contribution is -2.44. The number of benzene rings is 3. The summed E-state index contributed by atoms with van der Waals surface area (Å²) in [5.41, 5.74) is 2.39. The monoisotopic (exact) mass is 571 g/mol. The predicted octanol–water partition coefficient (Wildman–Crippen LogP) is 4.19. The lowest BCUT2D eigenvalue weighted by Gasteiger charge is -2.38. The van der Waals surface area contributed by atoms with E-state index >= 15 is 0 Å². The first-order chi connectivity index (χ1) is 20.3. The maximum atomic E-state index is 13.4. The molecule has 0 atom stereocenters. The Kier molecular flexibility index (Phi) is 9.61. The van der Waals surface area contributed by atoms with Gasteiger partial charge in [-0.05, 0) is 16.7 Å². The van der Waals surface area contributed by atoms with Crippen LogP contribution < -0.4 is 21.3 Å². The van der Waals surface area contributed by atoms with E-state index in [-0.39, 0.29) is 26.2 Å². The summed E-state index contributed by atoms with van der Waals surface area (Å²) in [5, 5.41) is 33.3. The van der Waals surface area contributed by atoms with E-state index in [1.165, 1.54) is 11.1 Å². The number of aryl methyl sites for hydroxylation is 1. The van der Waals surface area contributed by atoms with E-state index in [4.69, 9.17) is 10.2 Å². The van der Waals surface area contributed by atoms with E-state index in [0.717, 1.165) is 16.7 Å². The largest absolute Gasteiger partial charge is 0.465 e. The van der Waals surface area contributed by atoms with Crippen LogP contribution in [0.2, 0.25) is 0 Å². The Morgan fingerprint density at radius 1 is 0.762 bits per heavy atom. The van der Waals surface area contributed by atoms with Gasteiger partial charge in [-0.15, -0.1) is 0 Å². The van der Waals surface area contributed by atoms with Gasteiger partial charge in [0.1, 0.15) is 17.0 Å². The molecule has 0 aliphatic carbocycles. The number of nitrogens with zero attached hydrogens (tertiary/aromatic N) is 3. The SMILES string of the molecule is Cn1ncc(NC(=O)N(CCNC(=O)O)CCNC(=O)O)c1NC(c1ccccc1)(c1ccccc1)c1ccccc1. The van der Waals surface area contributed by atoms with Crippen molar-refractivity contribution in [1.82, 2.24) is 25.3 Å². The predicted molar refractivity (Wildman–Crippen MR) is 159 cm³/mol. The van der Waals surface area contributed by atoms with Gasteiger partial charge < -0.3 is 36.4 Å². The van der Waals surface area contributed by atoms with Gasteiger partial charge in [-0.3, -0.25) is 4.68 Å². The van der Waals surface area contributed by atoms with Crippen molar-refractivity contribution in [2.75, 3.05) is 36.8 Å². The first kappa shape index (κ1) is 29.5. The van der Waals surface area contributed by atoms with Crippen LogP contribution in [0.15, 0.2) is 97.2 Å². The molecule has 6 N–H and O–H groups in total. The number of amides is 4. The van der Waals surface area contributed by atoms with Gasteiger partial charge in [-0.2, -0.15) is 5.10 Å². The van der Waals surface area contributed by atoms with Crippen LogP contribution in [0.25, 0.3) is 0 Å². The number of rotatable bonds is 12. The highest BCUT2D eigenvalue weighted by molar-refractivity contribution is 5.92. The number of carbonyl (C=O) groups excluding carboxylic acids is 1. The lowest BCUT2D eigenvalue weighted by atomic mass is 9.77. The molecule has 4 aromatic rings. The van der Waals surface area contributed by atoms with Crippen LogP contribution in [0.5, 0.6) is 0 Å². The molecular formula is C30H33N7O5. The first-order valence-corrected chi connectivity index (χ1v) is 13.3. The van der Waals surface area contributed by atoms with Crippen LogP contribution in [-0.2, 0) is 12.6 Å². The fourth-order valence-electron chi connectivity index (χ4n) is 4.74. The standard InChI is InChI=1S/C30H33N7O5/c1-36-26(25(21-33-36)34-27(38)37(19-17-31-28(39)40)20-18-32-29(41)42)35-30(22-11-5-2-6-12-22,23-13-7-3-8-14-23)24-15-9-4-10-16-24/h2-16,21,31-32,35H,17-20H2,1H3,(H,34,38)(H,39,40)(H,41,42). The third-order valence-electron chi connectivity index (χ3n) is 6.71. The summed E-state index contributed by atoms with van der Waals surface area (Å²) in [7, 11) is 1.76. The molecule has 0 aliphatic rings. The zero-order valence-corrected chi connectivity index (χ0v) is 23.0. The third kappa shape index (κ3) is 6.97. The molecule has 12 nitrogen and oxygen atoms in total. The summed E-state index contributed by atoms with van der Waals surface area (Å²) in [5.74, 6) is 0.521. The molecule has 42 heavy (non-hydrogen) atoms. The van der Waals surface area contributed by atoms with Crippen molar-refractivity contribution < 1.29 is 24.6 Å². The average Bonchev–Trinajstić information content (AvgIpc) is 3.33. The molecule has 4 rings (SSSR count). The molecule has 218 valence electrons. The van der Waals surface area contributed by atoms with Crippen LogP contribution >= 0.6 is 0 Å². The van der Waals surface area contributed by atoms with Crippen LogP contribution in [-0.4, -0.2) is 69.3 Å². The number of anilines is 2. The van der Waals surface area contributed by atoms with E-state index in [1.54, 1.807) is 11.7 Å². The Morgan fingerprint density at radius 3 is 1.60 bits per heavy atom. The molecule has 0 fully saturated rings. The minimum atomic E-state index is -1.23. The number of nitrogens with one attached hydrogen (secondary N) is 4. The van der Waals surface area contributed by atoms with Crippen molar-refractivity contribution in [2.45, 2.75) is 5.54 Å². The van der Waals surface area contributed by atoms with E-state index in [1.807, 2.05) is 91.0 Å². The Balaban J connectivity index is 1.72. The summed E-state index contributed by atoms with van der Waals surface area (Å²) in [6.45, 7) is -0.0327. The van der Waals surface area contributed by atoms with E-state index < -0.39 is 23.8 Å². The Morgan fingerprint density at radius 2 is 1.19 bits per heavy atom. The van der Waals surface area contributed by atoms with Gasteiger partial charge in [0, 0.05) is 33.2 Å². The van der Waals surface area contributed by atoms with Gasteiger partial charge in [0.15, 0.2) is 0 Å². The zero-order chi connectivity index (χ0) is 30.0. The molecule has 0 spiro atoms. The van der Waals surface area contributed by atoms with Crippen molar-refractivity contribution in [3.05, 3.63) is 114 Å². The third-order valence-corrected chi connectivity index (χ3v) is 6.71. The highest BCUT2D eigenvalue weighted by Gasteiger charge is 2.38. The van der Waals surface area contributed by atoms with Crippen molar-refractivity contribution in [3.63, 3.8) is 0 Å². The quantitative estimate of drug-likeness (QED) is 0.139. The van der Waals surface area contributed by atoms with E-state index in [2.05, 4.69) is 26.4 Å². The molecule has 0 bridgehead atoms. The molecule has 0 saturated heterocycles. The number of urea groups is 1. The Hall–Kier alpha value is -5.52. The topological polar surface area (TPSA) is 161 Å². The average molecular weight is 572 g/mol. The van der Waals surface area contributed by atoms with Gasteiger partial charge in [0.2, 0.25) is 0 Å². The highest BCUT2D eigenvalue weighted by atomic mass is 16.4. The Bertz CT molecular complexity index is 1360. The first-order valence-electron chi connectivity index (χ1n) is 13.3. The molecule has 0 saturated carbocycles. The second-order valence-corrected chi connectivity index (χ2v) is 9.38. The zero-order valence-electron chi connectivity index (χ0n) is 23.0. The number of aromatic nitrogens is 2. The van der Waals surface area contributed by atoms with Crippen LogP contribution in [0.4, 0.5) is 25.9 Å². The molecule has 0 unspecified atom stereocenters. The molecule has 1 aromatic heterocycles. The summed E-state index contributed by atoms with van der Waals surface area (Å²) in [6, 6.07) is 29.3. The normalized spacial score (nSPS) is 10.9. The number of hydrogen-bond acceptors (Lipinski definition) is 5. The van der Waals surface area contributed by atoms with Crippen LogP contribution in [0.3, 0.4) is 0 Å². The van der Waals surface area contributed by atoms with E-state index in [9.17, 15) is 14.4 Å². The van der Waals surface area contributed by atoms with Crippen LogP contribution in [0, 0.1) is 0 Å². The smallest absolute Gasteiger partial charge is 0.404 e. The molecule has 12 heteroatoms. The number of hydrogen-bond donors (Lipinski definition) is 6. The van der Waals surface area contributed by atoms with Crippen molar-refractivity contribution in [1.29, 1.82) is 0 Å². The van der Waals surface area contributed by atoms with Gasteiger partial charge in [-0.25, -0.2) is 14.4 Å².